The van der Waals surface area contributed by atoms with Gasteiger partial charge in [0.25, 0.3) is 0 Å². The highest BCUT2D eigenvalue weighted by Gasteiger charge is 2.11. The average Bonchev–Trinajstić information content (AvgIpc) is 2.88. The number of para-hydroxylation sites is 2. The minimum absolute atomic E-state index is 0.0400. The van der Waals surface area contributed by atoms with Crippen molar-refractivity contribution in [2.75, 3.05) is 0 Å². The first kappa shape index (κ1) is 26.0. The Morgan fingerprint density at radius 1 is 0.632 bits per heavy atom. The maximum Gasteiger partial charge on any atom is 0.339 e. The van der Waals surface area contributed by atoms with Gasteiger partial charge in [0.05, 0.1) is 43.7 Å². The maximum absolute atomic E-state index is 11.2. The van der Waals surface area contributed by atoms with Gasteiger partial charge in [-0.1, -0.05) is 36.4 Å². The molecule has 38 heavy (non-hydrogen) atoms. The Kier molecular flexibility index (Phi) is 7.45. The molecule has 3 aromatic heterocycles. The number of fused-ring (bicyclic) bond motifs is 3. The Hall–Kier alpha value is -5.09. The first-order valence-corrected chi connectivity index (χ1v) is 11.6. The molecule has 9 nitrogen and oxygen atoms in total. The standard InChI is InChI=1S/C10H7O3Si.2C9H6O3/c1-5-3-2-4-6-7(5)8(11)9(14)10(12)13-6;2*10-7-5-9(11)12-8-4-2-1-3-6(7)8/h2-4,11H,1H3;2*1-5,10H. The largest absolute Gasteiger partial charge is 0.507 e. The van der Waals surface area contributed by atoms with Crippen LogP contribution in [0.25, 0.3) is 32.9 Å². The molecule has 0 amide bonds. The molecule has 0 spiro atoms. The van der Waals surface area contributed by atoms with Crippen LogP contribution in [0.15, 0.2) is 106 Å². The van der Waals surface area contributed by atoms with E-state index >= 15 is 0 Å². The molecule has 3 heterocycles. The molecule has 0 fully saturated rings. The number of aromatic hydroxyl groups is 3. The van der Waals surface area contributed by atoms with Crippen LogP contribution in [0.4, 0.5) is 0 Å². The lowest BCUT2D eigenvalue weighted by Crippen LogP contribution is -2.24. The van der Waals surface area contributed by atoms with E-state index in [9.17, 15) is 29.7 Å². The number of hydrogen-bond donors (Lipinski definition) is 3. The van der Waals surface area contributed by atoms with Gasteiger partial charge in [-0.05, 0) is 42.8 Å². The number of rotatable bonds is 0. The molecule has 0 saturated heterocycles. The normalized spacial score (nSPS) is 10.5. The first-order chi connectivity index (χ1) is 18.2. The van der Waals surface area contributed by atoms with Crippen LogP contribution >= 0.6 is 0 Å². The van der Waals surface area contributed by atoms with Crippen molar-refractivity contribution in [3.63, 3.8) is 0 Å². The van der Waals surface area contributed by atoms with Crippen molar-refractivity contribution in [1.82, 2.24) is 0 Å². The van der Waals surface area contributed by atoms with Gasteiger partial charge in [0.2, 0.25) is 0 Å². The minimum Gasteiger partial charge on any atom is -0.507 e. The quantitative estimate of drug-likeness (QED) is 0.199. The lowest BCUT2D eigenvalue weighted by molar-refractivity contribution is 0.467. The molecule has 6 aromatic rings. The van der Waals surface area contributed by atoms with Crippen LogP contribution in [0, 0.1) is 6.92 Å². The van der Waals surface area contributed by atoms with E-state index in [0.717, 1.165) is 17.7 Å². The molecule has 10 heteroatoms. The fraction of sp³-hybridized carbons (Fsp3) is 0.0357. The van der Waals surface area contributed by atoms with Gasteiger partial charge in [0.15, 0.2) is 0 Å². The summed E-state index contributed by atoms with van der Waals surface area (Å²) in [4.78, 5) is 32.7. The van der Waals surface area contributed by atoms with Gasteiger partial charge in [-0.2, -0.15) is 0 Å². The molecule has 189 valence electrons. The Bertz CT molecular complexity index is 1860. The number of aryl methyl sites for hydroxylation is 1. The van der Waals surface area contributed by atoms with Crippen LogP contribution < -0.4 is 22.1 Å². The monoisotopic (exact) mass is 527 g/mol. The molecule has 0 aliphatic heterocycles. The summed E-state index contributed by atoms with van der Waals surface area (Å²) < 4.78 is 14.6. The third-order valence-electron chi connectivity index (χ3n) is 5.37. The molecular formula is C28H19O9Si. The van der Waals surface area contributed by atoms with Crippen molar-refractivity contribution < 1.29 is 28.6 Å². The smallest absolute Gasteiger partial charge is 0.339 e. The predicted octanol–water partition coefficient (Wildman–Crippen LogP) is 3.60. The van der Waals surface area contributed by atoms with Crippen molar-refractivity contribution in [1.29, 1.82) is 0 Å². The van der Waals surface area contributed by atoms with Gasteiger partial charge in [-0.15, -0.1) is 0 Å². The van der Waals surface area contributed by atoms with Gasteiger partial charge < -0.3 is 28.6 Å². The summed E-state index contributed by atoms with van der Waals surface area (Å²) in [6.45, 7) is 1.84. The lowest BCUT2D eigenvalue weighted by atomic mass is 10.1. The zero-order valence-electron chi connectivity index (χ0n) is 19.8. The van der Waals surface area contributed by atoms with E-state index in [-0.39, 0.29) is 22.4 Å². The van der Waals surface area contributed by atoms with Gasteiger partial charge in [-0.3, -0.25) is 0 Å². The highest BCUT2D eigenvalue weighted by Crippen LogP contribution is 2.24. The molecule has 3 N–H and O–H groups in total. The number of hydrogen-bond acceptors (Lipinski definition) is 9. The Morgan fingerprint density at radius 2 is 1.11 bits per heavy atom. The van der Waals surface area contributed by atoms with Crippen molar-refractivity contribution >= 4 is 48.3 Å². The molecule has 0 aliphatic rings. The predicted molar refractivity (Wildman–Crippen MR) is 143 cm³/mol. The highest BCUT2D eigenvalue weighted by molar-refractivity contribution is 6.35. The SMILES string of the molecule is Cc1cccc2oc(=O)c([Si])c(O)c12.O=c1cc(O)c2ccccc2o1.O=c1cc(O)c2ccccc2o1. The second-order valence-electron chi connectivity index (χ2n) is 7.95. The molecule has 6 rings (SSSR count). The lowest BCUT2D eigenvalue weighted by Gasteiger charge is -2.04. The van der Waals surface area contributed by atoms with Crippen molar-refractivity contribution in [3.8, 4) is 17.2 Å². The summed E-state index contributed by atoms with van der Waals surface area (Å²) in [5.41, 5.74) is 0.428. The summed E-state index contributed by atoms with van der Waals surface area (Å²) in [7, 11) is 3.03. The van der Waals surface area contributed by atoms with Gasteiger partial charge in [0, 0.05) is 0 Å². The summed E-state index contributed by atoms with van der Waals surface area (Å²) >= 11 is 0. The van der Waals surface area contributed by atoms with E-state index in [4.69, 9.17) is 13.3 Å². The van der Waals surface area contributed by atoms with Gasteiger partial charge >= 0.3 is 16.9 Å². The third-order valence-corrected chi connectivity index (χ3v) is 5.81. The summed E-state index contributed by atoms with van der Waals surface area (Å²) in [5, 5.41) is 30.0. The minimum atomic E-state index is -0.572. The van der Waals surface area contributed by atoms with Crippen LogP contribution in [-0.2, 0) is 0 Å². The van der Waals surface area contributed by atoms with E-state index < -0.39 is 16.9 Å². The van der Waals surface area contributed by atoms with Crippen molar-refractivity contribution in [2.45, 2.75) is 6.92 Å². The molecule has 0 bridgehead atoms. The van der Waals surface area contributed by atoms with E-state index in [2.05, 4.69) is 10.2 Å². The van der Waals surface area contributed by atoms with E-state index in [1.165, 1.54) is 0 Å². The zero-order valence-corrected chi connectivity index (χ0v) is 20.8. The molecule has 3 aromatic carbocycles. The van der Waals surface area contributed by atoms with E-state index in [0.29, 0.717) is 32.9 Å². The van der Waals surface area contributed by atoms with Crippen LogP contribution in [0.5, 0.6) is 17.2 Å². The summed E-state index contributed by atoms with van der Waals surface area (Å²) in [6, 6.07) is 21.0. The van der Waals surface area contributed by atoms with Crippen LogP contribution in [0.2, 0.25) is 0 Å². The molecule has 0 saturated carbocycles. The van der Waals surface area contributed by atoms with Gasteiger partial charge in [-0.25, -0.2) is 14.4 Å². The van der Waals surface area contributed by atoms with E-state index in [1.54, 1.807) is 60.7 Å². The molecular weight excluding hydrogens is 508 g/mol. The summed E-state index contributed by atoms with van der Waals surface area (Å²) in [6.07, 6.45) is 0. The second-order valence-corrected chi connectivity index (χ2v) is 8.45. The Morgan fingerprint density at radius 3 is 1.63 bits per heavy atom. The van der Waals surface area contributed by atoms with Gasteiger partial charge in [0.1, 0.15) is 34.0 Å². The molecule has 0 atom stereocenters. The maximum atomic E-state index is 11.2. The molecule has 3 radical (unpaired) electrons. The van der Waals surface area contributed by atoms with Crippen molar-refractivity contribution in [3.05, 3.63) is 116 Å². The Labute approximate surface area is 216 Å². The molecule has 0 aliphatic carbocycles. The average molecular weight is 528 g/mol. The first-order valence-electron chi connectivity index (χ1n) is 11.1. The van der Waals surface area contributed by atoms with Crippen LogP contribution in [0.3, 0.4) is 0 Å². The van der Waals surface area contributed by atoms with Crippen LogP contribution in [0.1, 0.15) is 5.56 Å². The zero-order chi connectivity index (χ0) is 27.4. The number of benzene rings is 3. The highest BCUT2D eigenvalue weighted by atomic mass is 28.1. The van der Waals surface area contributed by atoms with E-state index in [1.807, 2.05) is 13.0 Å². The van der Waals surface area contributed by atoms with Crippen molar-refractivity contribution in [2.24, 2.45) is 0 Å². The van der Waals surface area contributed by atoms with Crippen LogP contribution in [-0.4, -0.2) is 25.6 Å². The molecule has 0 unspecified atom stereocenters. The fourth-order valence-electron chi connectivity index (χ4n) is 3.59. The topological polar surface area (TPSA) is 151 Å². The third kappa shape index (κ3) is 5.50. The Balaban J connectivity index is 0.000000133. The summed E-state index contributed by atoms with van der Waals surface area (Å²) in [5.74, 6) is -0.144. The second kappa shape index (κ2) is 10.9. The fourth-order valence-corrected chi connectivity index (χ4v) is 3.77.